The van der Waals surface area contributed by atoms with Gasteiger partial charge in [0, 0.05) is 19.8 Å². The first kappa shape index (κ1) is 19.4. The van der Waals surface area contributed by atoms with Gasteiger partial charge in [-0.3, -0.25) is 0 Å². The predicted molar refractivity (Wildman–Crippen MR) is 95.1 cm³/mol. The first-order valence-electron chi connectivity index (χ1n) is 8.03. The van der Waals surface area contributed by atoms with Gasteiger partial charge in [-0.15, -0.1) is 0 Å². The van der Waals surface area contributed by atoms with E-state index in [2.05, 4.69) is 0 Å². The number of aliphatic hydroxyl groups is 1. The van der Waals surface area contributed by atoms with Crippen LogP contribution in [-0.4, -0.2) is 32.0 Å². The quantitative estimate of drug-likeness (QED) is 0.818. The standard InChI is InChI=1S/C20H25FO4/c1-20(2,25-5)19(24-4)17-10-13(12-22)6-8-15(17)16-11-14(23-3)7-9-18(16)21/h6-11,19,22H,12H2,1-5H3/t19-/m0/s1. The number of aliphatic hydroxyl groups excluding tert-OH is 1. The van der Waals surface area contributed by atoms with Crippen molar-refractivity contribution < 1.29 is 23.7 Å². The van der Waals surface area contributed by atoms with Gasteiger partial charge in [0.05, 0.1) is 19.3 Å². The Balaban J connectivity index is 2.71. The zero-order valence-electron chi connectivity index (χ0n) is 15.3. The minimum absolute atomic E-state index is 0.113. The maximum atomic E-state index is 14.5. The molecule has 0 spiro atoms. The molecule has 0 aliphatic carbocycles. The molecule has 0 fully saturated rings. The molecule has 0 amide bonds. The predicted octanol–water partition coefficient (Wildman–Crippen LogP) is 4.11. The molecule has 0 bridgehead atoms. The highest BCUT2D eigenvalue weighted by Gasteiger charge is 2.33. The maximum absolute atomic E-state index is 14.5. The van der Waals surface area contributed by atoms with Crippen LogP contribution in [-0.2, 0) is 16.1 Å². The molecule has 5 heteroatoms. The lowest BCUT2D eigenvalue weighted by Crippen LogP contribution is -2.33. The number of hydrogen-bond acceptors (Lipinski definition) is 4. The molecular weight excluding hydrogens is 323 g/mol. The Morgan fingerprint density at radius 3 is 2.32 bits per heavy atom. The van der Waals surface area contributed by atoms with Crippen LogP contribution in [0.2, 0.25) is 0 Å². The lowest BCUT2D eigenvalue weighted by Gasteiger charge is -2.33. The number of hydrogen-bond donors (Lipinski definition) is 1. The van der Waals surface area contributed by atoms with Crippen LogP contribution in [0.15, 0.2) is 36.4 Å². The number of benzene rings is 2. The van der Waals surface area contributed by atoms with E-state index in [1.165, 1.54) is 6.07 Å². The van der Waals surface area contributed by atoms with Crippen LogP contribution in [0.5, 0.6) is 5.75 Å². The van der Waals surface area contributed by atoms with Gasteiger partial charge < -0.3 is 19.3 Å². The SMILES string of the molecule is COc1ccc(F)c(-c2ccc(CO)cc2[C@H](OC)C(C)(C)OC)c1. The molecule has 0 aromatic heterocycles. The number of methoxy groups -OCH3 is 3. The summed E-state index contributed by atoms with van der Waals surface area (Å²) in [5, 5.41) is 9.51. The van der Waals surface area contributed by atoms with Crippen molar-refractivity contribution >= 4 is 0 Å². The van der Waals surface area contributed by atoms with Gasteiger partial charge >= 0.3 is 0 Å². The summed E-state index contributed by atoms with van der Waals surface area (Å²) in [5.74, 6) is 0.206. The first-order valence-corrected chi connectivity index (χ1v) is 8.03. The molecule has 2 aromatic carbocycles. The van der Waals surface area contributed by atoms with E-state index in [0.717, 1.165) is 11.1 Å². The Morgan fingerprint density at radius 1 is 1.04 bits per heavy atom. The third kappa shape index (κ3) is 4.00. The topological polar surface area (TPSA) is 47.9 Å². The van der Waals surface area contributed by atoms with E-state index in [9.17, 15) is 9.50 Å². The molecular formula is C20H25FO4. The van der Waals surface area contributed by atoms with E-state index in [0.29, 0.717) is 16.9 Å². The molecule has 2 aromatic rings. The van der Waals surface area contributed by atoms with Crippen molar-refractivity contribution in [3.05, 3.63) is 53.3 Å². The normalized spacial score (nSPS) is 12.9. The van der Waals surface area contributed by atoms with Gasteiger partial charge in [-0.2, -0.15) is 0 Å². The highest BCUT2D eigenvalue weighted by atomic mass is 19.1. The Hall–Kier alpha value is -1.95. The highest BCUT2D eigenvalue weighted by molar-refractivity contribution is 5.70. The average molecular weight is 348 g/mol. The monoisotopic (exact) mass is 348 g/mol. The summed E-state index contributed by atoms with van der Waals surface area (Å²) >= 11 is 0. The van der Waals surface area contributed by atoms with Gasteiger partial charge in [-0.05, 0) is 48.7 Å². The Kier molecular flexibility index (Phi) is 6.16. The Bertz CT molecular complexity index is 728. The smallest absolute Gasteiger partial charge is 0.131 e. The second kappa shape index (κ2) is 7.95. The van der Waals surface area contributed by atoms with E-state index in [1.807, 2.05) is 19.9 Å². The fourth-order valence-corrected chi connectivity index (χ4v) is 2.90. The summed E-state index contributed by atoms with van der Waals surface area (Å²) in [5.41, 5.74) is 1.90. The molecule has 0 saturated heterocycles. The third-order valence-electron chi connectivity index (χ3n) is 4.44. The van der Waals surface area contributed by atoms with Crippen LogP contribution >= 0.6 is 0 Å². The Labute approximate surface area is 148 Å². The van der Waals surface area contributed by atoms with Gasteiger partial charge in [0.25, 0.3) is 0 Å². The van der Waals surface area contributed by atoms with Gasteiger partial charge in [0.2, 0.25) is 0 Å². The molecule has 0 aliphatic heterocycles. The van der Waals surface area contributed by atoms with E-state index in [1.54, 1.807) is 45.6 Å². The Morgan fingerprint density at radius 2 is 1.76 bits per heavy atom. The maximum Gasteiger partial charge on any atom is 0.131 e. The zero-order chi connectivity index (χ0) is 18.6. The van der Waals surface area contributed by atoms with Gasteiger partial charge in [0.15, 0.2) is 0 Å². The van der Waals surface area contributed by atoms with Crippen LogP contribution in [0.1, 0.15) is 31.1 Å². The van der Waals surface area contributed by atoms with Crippen LogP contribution in [0, 0.1) is 5.82 Å². The summed E-state index contributed by atoms with van der Waals surface area (Å²) < 4.78 is 31.0. The van der Waals surface area contributed by atoms with Crippen LogP contribution in [0.25, 0.3) is 11.1 Å². The number of halogens is 1. The van der Waals surface area contributed by atoms with Crippen molar-refractivity contribution in [2.24, 2.45) is 0 Å². The van der Waals surface area contributed by atoms with E-state index in [4.69, 9.17) is 14.2 Å². The van der Waals surface area contributed by atoms with Gasteiger partial charge in [-0.25, -0.2) is 4.39 Å². The van der Waals surface area contributed by atoms with Gasteiger partial charge in [-0.1, -0.05) is 18.2 Å². The van der Waals surface area contributed by atoms with Crippen LogP contribution in [0.4, 0.5) is 4.39 Å². The van der Waals surface area contributed by atoms with E-state index in [-0.39, 0.29) is 12.4 Å². The molecule has 1 atom stereocenters. The lowest BCUT2D eigenvalue weighted by molar-refractivity contribution is -0.0967. The zero-order valence-corrected chi connectivity index (χ0v) is 15.3. The minimum Gasteiger partial charge on any atom is -0.497 e. The molecule has 136 valence electrons. The second-order valence-corrected chi connectivity index (χ2v) is 6.35. The molecule has 0 radical (unpaired) electrons. The minimum atomic E-state index is -0.646. The van der Waals surface area contributed by atoms with Crippen LogP contribution in [0.3, 0.4) is 0 Å². The summed E-state index contributed by atoms with van der Waals surface area (Å²) in [7, 11) is 4.73. The largest absolute Gasteiger partial charge is 0.497 e. The third-order valence-corrected chi connectivity index (χ3v) is 4.44. The van der Waals surface area contributed by atoms with Crippen molar-refractivity contribution in [3.8, 4) is 16.9 Å². The van der Waals surface area contributed by atoms with Crippen molar-refractivity contribution in [2.45, 2.75) is 32.2 Å². The molecule has 0 saturated carbocycles. The van der Waals surface area contributed by atoms with E-state index < -0.39 is 11.7 Å². The summed E-state index contributed by atoms with van der Waals surface area (Å²) in [4.78, 5) is 0. The highest BCUT2D eigenvalue weighted by Crippen LogP contribution is 2.39. The molecule has 2 rings (SSSR count). The molecule has 1 N–H and O–H groups in total. The summed E-state index contributed by atoms with van der Waals surface area (Å²) in [6.07, 6.45) is -0.454. The fraction of sp³-hybridized carbons (Fsp3) is 0.400. The van der Waals surface area contributed by atoms with Crippen LogP contribution < -0.4 is 4.74 Å². The number of rotatable bonds is 7. The van der Waals surface area contributed by atoms with Gasteiger partial charge in [0.1, 0.15) is 17.7 Å². The van der Waals surface area contributed by atoms with Crippen molar-refractivity contribution in [1.82, 2.24) is 0 Å². The molecule has 0 heterocycles. The molecule has 0 aliphatic rings. The fourth-order valence-electron chi connectivity index (χ4n) is 2.90. The first-order chi connectivity index (χ1) is 11.9. The van der Waals surface area contributed by atoms with Crippen molar-refractivity contribution in [2.75, 3.05) is 21.3 Å². The van der Waals surface area contributed by atoms with Crippen molar-refractivity contribution in [3.63, 3.8) is 0 Å². The molecule has 25 heavy (non-hydrogen) atoms. The lowest BCUT2D eigenvalue weighted by atomic mass is 9.87. The van der Waals surface area contributed by atoms with E-state index >= 15 is 0 Å². The summed E-state index contributed by atoms with van der Waals surface area (Å²) in [6.45, 7) is 3.69. The summed E-state index contributed by atoms with van der Waals surface area (Å²) in [6, 6.07) is 9.98. The molecule has 0 unspecified atom stereocenters. The number of ether oxygens (including phenoxy) is 3. The molecule has 4 nitrogen and oxygen atoms in total. The average Bonchev–Trinajstić information content (AvgIpc) is 2.62. The van der Waals surface area contributed by atoms with Crippen molar-refractivity contribution in [1.29, 1.82) is 0 Å². The second-order valence-electron chi connectivity index (χ2n) is 6.35.